The highest BCUT2D eigenvalue weighted by Crippen LogP contribution is 2.28. The van der Waals surface area contributed by atoms with Crippen molar-refractivity contribution in [1.82, 2.24) is 5.32 Å². The van der Waals surface area contributed by atoms with Gasteiger partial charge in [0.1, 0.15) is 0 Å². The van der Waals surface area contributed by atoms with E-state index in [4.69, 9.17) is 10.5 Å². The summed E-state index contributed by atoms with van der Waals surface area (Å²) < 4.78 is 5.19. The van der Waals surface area contributed by atoms with E-state index in [0.717, 1.165) is 25.7 Å². The topological polar surface area (TPSA) is 81.4 Å². The zero-order chi connectivity index (χ0) is 13.8. The number of hydrogen-bond donors (Lipinski definition) is 2. The normalized spacial score (nSPS) is 24.4. The van der Waals surface area contributed by atoms with Crippen LogP contribution in [0.4, 0.5) is 4.79 Å². The van der Waals surface area contributed by atoms with E-state index in [9.17, 15) is 9.59 Å². The Morgan fingerprint density at radius 1 is 1.22 bits per heavy atom. The lowest BCUT2D eigenvalue weighted by atomic mass is 9.82. The summed E-state index contributed by atoms with van der Waals surface area (Å²) in [6.07, 6.45) is 3.04. The predicted molar refractivity (Wildman–Crippen MR) is 68.9 cm³/mol. The lowest BCUT2D eigenvalue weighted by molar-refractivity contribution is -0.123. The Morgan fingerprint density at radius 2 is 1.78 bits per heavy atom. The Labute approximate surface area is 108 Å². The van der Waals surface area contributed by atoms with E-state index in [1.165, 1.54) is 0 Å². The van der Waals surface area contributed by atoms with E-state index in [2.05, 4.69) is 5.32 Å². The molecule has 1 saturated carbocycles. The van der Waals surface area contributed by atoms with Gasteiger partial charge in [0.15, 0.2) is 0 Å². The largest absolute Gasteiger partial charge is 0.449 e. The molecule has 104 valence electrons. The van der Waals surface area contributed by atoms with Crippen LogP contribution in [0.15, 0.2) is 0 Å². The molecule has 5 nitrogen and oxygen atoms in total. The summed E-state index contributed by atoms with van der Waals surface area (Å²) >= 11 is 0. The van der Waals surface area contributed by atoms with Crippen molar-refractivity contribution in [3.05, 3.63) is 0 Å². The number of nitrogens with one attached hydrogen (secondary N) is 1. The van der Waals surface area contributed by atoms with E-state index < -0.39 is 0 Å². The van der Waals surface area contributed by atoms with Gasteiger partial charge < -0.3 is 15.8 Å². The molecule has 1 aliphatic carbocycles. The molecule has 18 heavy (non-hydrogen) atoms. The second-order valence-corrected chi connectivity index (χ2v) is 6.09. The molecule has 0 saturated heterocycles. The van der Waals surface area contributed by atoms with E-state index >= 15 is 0 Å². The van der Waals surface area contributed by atoms with Gasteiger partial charge in [0, 0.05) is 11.5 Å². The van der Waals surface area contributed by atoms with Gasteiger partial charge in [0.2, 0.25) is 5.91 Å². The van der Waals surface area contributed by atoms with Gasteiger partial charge in [-0.15, -0.1) is 0 Å². The van der Waals surface area contributed by atoms with Crippen molar-refractivity contribution in [2.75, 3.05) is 6.61 Å². The Balaban J connectivity index is 2.22. The molecular weight excluding hydrogens is 232 g/mol. The van der Waals surface area contributed by atoms with Crippen LogP contribution in [0.3, 0.4) is 0 Å². The molecule has 0 aromatic carbocycles. The molecule has 0 aromatic heterocycles. The van der Waals surface area contributed by atoms with Gasteiger partial charge >= 0.3 is 6.09 Å². The summed E-state index contributed by atoms with van der Waals surface area (Å²) in [7, 11) is 0. The number of alkyl carbamates (subject to hydrolysis) is 1. The summed E-state index contributed by atoms with van der Waals surface area (Å²) in [5.41, 5.74) is 4.99. The summed E-state index contributed by atoms with van der Waals surface area (Å²) in [5, 5.41) is 2.75. The first-order chi connectivity index (χ1) is 8.28. The first-order valence-electron chi connectivity index (χ1n) is 6.52. The van der Waals surface area contributed by atoms with Crippen molar-refractivity contribution in [3.63, 3.8) is 0 Å². The van der Waals surface area contributed by atoms with Crippen LogP contribution in [0.2, 0.25) is 0 Å². The van der Waals surface area contributed by atoms with Gasteiger partial charge in [0.25, 0.3) is 0 Å². The van der Waals surface area contributed by atoms with Crippen LogP contribution in [-0.4, -0.2) is 24.1 Å². The number of amides is 2. The number of hydrogen-bond acceptors (Lipinski definition) is 3. The summed E-state index contributed by atoms with van der Waals surface area (Å²) in [6, 6.07) is 0. The van der Waals surface area contributed by atoms with E-state index in [1.54, 1.807) is 0 Å². The Bertz CT molecular complexity index is 302. The fourth-order valence-electron chi connectivity index (χ4n) is 2.15. The lowest BCUT2D eigenvalue weighted by Gasteiger charge is -2.27. The first-order valence-corrected chi connectivity index (χ1v) is 6.52. The molecule has 0 aromatic rings. The molecule has 0 bridgehead atoms. The van der Waals surface area contributed by atoms with Gasteiger partial charge in [0.05, 0.1) is 6.61 Å². The fourth-order valence-corrected chi connectivity index (χ4v) is 2.15. The fraction of sp³-hybridized carbons (Fsp3) is 0.846. The van der Waals surface area contributed by atoms with E-state index in [1.807, 2.05) is 20.8 Å². The summed E-state index contributed by atoms with van der Waals surface area (Å²) in [4.78, 5) is 22.5. The van der Waals surface area contributed by atoms with E-state index in [-0.39, 0.29) is 23.5 Å². The number of rotatable bonds is 3. The van der Waals surface area contributed by atoms with Crippen molar-refractivity contribution in [2.24, 2.45) is 17.6 Å². The third kappa shape index (κ3) is 5.38. The monoisotopic (exact) mass is 256 g/mol. The standard InChI is InChI=1S/C13H24N2O3/c1-13(2,3)15-12(17)18-8-9-4-6-10(7-5-9)11(14)16/h9-10H,4-8H2,1-3H3,(H2,14,16)(H,15,17). The number of carbonyl (C=O) groups is 2. The molecule has 0 radical (unpaired) electrons. The van der Waals surface area contributed by atoms with Crippen molar-refractivity contribution in [3.8, 4) is 0 Å². The summed E-state index contributed by atoms with van der Waals surface area (Å²) in [5.74, 6) is 0.149. The molecule has 1 aliphatic rings. The van der Waals surface area contributed by atoms with Gasteiger partial charge in [-0.25, -0.2) is 4.79 Å². The summed E-state index contributed by atoms with van der Waals surface area (Å²) in [6.45, 7) is 6.15. The third-order valence-corrected chi connectivity index (χ3v) is 3.18. The van der Waals surface area contributed by atoms with Gasteiger partial charge in [-0.2, -0.15) is 0 Å². The molecular formula is C13H24N2O3. The minimum Gasteiger partial charge on any atom is -0.449 e. The Kier molecular flexibility index (Phi) is 4.99. The van der Waals surface area contributed by atoms with Crippen molar-refractivity contribution >= 4 is 12.0 Å². The Morgan fingerprint density at radius 3 is 2.22 bits per heavy atom. The molecule has 0 unspecified atom stereocenters. The highest BCUT2D eigenvalue weighted by molar-refractivity contribution is 5.76. The number of carbonyl (C=O) groups excluding carboxylic acids is 2. The average Bonchev–Trinajstić information content (AvgIpc) is 2.24. The molecule has 1 fully saturated rings. The van der Waals surface area contributed by atoms with Gasteiger partial charge in [-0.05, 0) is 52.4 Å². The molecule has 0 spiro atoms. The van der Waals surface area contributed by atoms with Crippen molar-refractivity contribution in [2.45, 2.75) is 52.0 Å². The van der Waals surface area contributed by atoms with Crippen LogP contribution in [0.1, 0.15) is 46.5 Å². The maximum absolute atomic E-state index is 11.5. The molecule has 3 N–H and O–H groups in total. The minimum absolute atomic E-state index is 0.00431. The van der Waals surface area contributed by atoms with E-state index in [0.29, 0.717) is 12.5 Å². The smallest absolute Gasteiger partial charge is 0.407 e. The maximum Gasteiger partial charge on any atom is 0.407 e. The highest BCUT2D eigenvalue weighted by atomic mass is 16.5. The SMILES string of the molecule is CC(C)(C)NC(=O)OCC1CCC(C(N)=O)CC1. The van der Waals surface area contributed by atoms with Crippen LogP contribution in [0, 0.1) is 11.8 Å². The lowest BCUT2D eigenvalue weighted by Crippen LogP contribution is -2.41. The molecule has 0 heterocycles. The number of primary amides is 1. The maximum atomic E-state index is 11.5. The highest BCUT2D eigenvalue weighted by Gasteiger charge is 2.25. The molecule has 2 amide bonds. The Hall–Kier alpha value is -1.26. The van der Waals surface area contributed by atoms with Crippen molar-refractivity contribution in [1.29, 1.82) is 0 Å². The second-order valence-electron chi connectivity index (χ2n) is 6.09. The predicted octanol–water partition coefficient (Wildman–Crippen LogP) is 1.80. The third-order valence-electron chi connectivity index (χ3n) is 3.18. The van der Waals surface area contributed by atoms with Crippen LogP contribution >= 0.6 is 0 Å². The first kappa shape index (κ1) is 14.8. The quantitative estimate of drug-likeness (QED) is 0.808. The van der Waals surface area contributed by atoms with Crippen molar-refractivity contribution < 1.29 is 14.3 Å². The molecule has 0 atom stereocenters. The van der Waals surface area contributed by atoms with Crippen LogP contribution in [0.25, 0.3) is 0 Å². The van der Waals surface area contributed by atoms with Gasteiger partial charge in [-0.3, -0.25) is 4.79 Å². The minimum atomic E-state index is -0.375. The van der Waals surface area contributed by atoms with Gasteiger partial charge in [-0.1, -0.05) is 0 Å². The molecule has 1 rings (SSSR count). The zero-order valence-electron chi connectivity index (χ0n) is 11.5. The number of nitrogens with two attached hydrogens (primary N) is 1. The zero-order valence-corrected chi connectivity index (χ0v) is 11.5. The average molecular weight is 256 g/mol. The van der Waals surface area contributed by atoms with Crippen LogP contribution in [0.5, 0.6) is 0 Å². The molecule has 0 aliphatic heterocycles. The van der Waals surface area contributed by atoms with Crippen LogP contribution in [-0.2, 0) is 9.53 Å². The number of ether oxygens (including phenoxy) is 1. The second kappa shape index (κ2) is 6.07. The van der Waals surface area contributed by atoms with Crippen LogP contribution < -0.4 is 11.1 Å². The molecule has 5 heteroatoms.